The first-order valence-corrected chi connectivity index (χ1v) is 5.97. The second-order valence-corrected chi connectivity index (χ2v) is 4.27. The predicted octanol–water partition coefficient (Wildman–Crippen LogP) is -0.901. The number of carbonyl (C=O) groups is 1. The number of carbonyl (C=O) groups excluding carboxylic acids is 1. The van der Waals surface area contributed by atoms with Crippen LogP contribution >= 0.6 is 0 Å². The Bertz CT molecular complexity index is 559. The van der Waals surface area contributed by atoms with E-state index in [1.165, 1.54) is 6.33 Å². The van der Waals surface area contributed by atoms with E-state index >= 15 is 0 Å². The van der Waals surface area contributed by atoms with Gasteiger partial charge in [0.05, 0.1) is 12.1 Å². The van der Waals surface area contributed by atoms with Gasteiger partial charge >= 0.3 is 0 Å². The Kier molecular flexibility index (Phi) is 2.89. The highest BCUT2D eigenvalue weighted by molar-refractivity contribution is 5.78. The summed E-state index contributed by atoms with van der Waals surface area (Å²) in [4.78, 5) is 13.9. The average Bonchev–Trinajstić information content (AvgIpc) is 2.87. The standard InChI is InChI=1S/C11H14N6O/c18-11(16-5-3-12-4-6-16)7-9-1-2-10-14-13-8-17(10)15-9/h1-2,8,12H,3-7H2. The molecule has 1 N–H and O–H groups in total. The molecule has 0 bridgehead atoms. The molecule has 0 unspecified atom stereocenters. The van der Waals surface area contributed by atoms with Crippen LogP contribution in [0.5, 0.6) is 0 Å². The number of hydrogen-bond acceptors (Lipinski definition) is 5. The first-order chi connectivity index (χ1) is 8.83. The van der Waals surface area contributed by atoms with Gasteiger partial charge in [0.2, 0.25) is 5.91 Å². The predicted molar refractivity (Wildman–Crippen MR) is 63.9 cm³/mol. The van der Waals surface area contributed by atoms with Crippen molar-refractivity contribution in [1.29, 1.82) is 0 Å². The molecular formula is C11H14N6O. The third kappa shape index (κ3) is 2.17. The lowest BCUT2D eigenvalue weighted by atomic mass is 10.2. The topological polar surface area (TPSA) is 75.4 Å². The minimum atomic E-state index is 0.122. The first-order valence-electron chi connectivity index (χ1n) is 5.97. The van der Waals surface area contributed by atoms with E-state index in [-0.39, 0.29) is 5.91 Å². The van der Waals surface area contributed by atoms with Crippen molar-refractivity contribution in [3.05, 3.63) is 24.2 Å². The third-order valence-corrected chi connectivity index (χ3v) is 3.02. The highest BCUT2D eigenvalue weighted by Gasteiger charge is 2.17. The molecule has 0 radical (unpaired) electrons. The highest BCUT2D eigenvalue weighted by Crippen LogP contribution is 2.03. The van der Waals surface area contributed by atoms with Crippen molar-refractivity contribution >= 4 is 11.6 Å². The van der Waals surface area contributed by atoms with Gasteiger partial charge in [0.25, 0.3) is 0 Å². The molecule has 3 rings (SSSR count). The van der Waals surface area contributed by atoms with Crippen LogP contribution in [0.4, 0.5) is 0 Å². The van der Waals surface area contributed by atoms with Crippen LogP contribution in [0.15, 0.2) is 18.5 Å². The Balaban J connectivity index is 1.72. The number of fused-ring (bicyclic) bond motifs is 1. The fraction of sp³-hybridized carbons (Fsp3) is 0.455. The monoisotopic (exact) mass is 246 g/mol. The molecule has 1 aliphatic heterocycles. The largest absolute Gasteiger partial charge is 0.340 e. The molecule has 0 aromatic carbocycles. The van der Waals surface area contributed by atoms with Gasteiger partial charge in [-0.2, -0.15) is 5.10 Å². The van der Waals surface area contributed by atoms with Gasteiger partial charge in [-0.05, 0) is 12.1 Å². The fourth-order valence-electron chi connectivity index (χ4n) is 2.04. The second-order valence-electron chi connectivity index (χ2n) is 4.27. The van der Waals surface area contributed by atoms with Crippen LogP contribution in [0.3, 0.4) is 0 Å². The van der Waals surface area contributed by atoms with E-state index in [2.05, 4.69) is 20.6 Å². The number of aromatic nitrogens is 4. The van der Waals surface area contributed by atoms with Crippen molar-refractivity contribution in [1.82, 2.24) is 30.0 Å². The van der Waals surface area contributed by atoms with Crippen LogP contribution in [0, 0.1) is 0 Å². The van der Waals surface area contributed by atoms with Crippen molar-refractivity contribution in [3.63, 3.8) is 0 Å². The summed E-state index contributed by atoms with van der Waals surface area (Å²) in [6.07, 6.45) is 1.86. The van der Waals surface area contributed by atoms with Crippen LogP contribution in [-0.4, -0.2) is 56.8 Å². The quantitative estimate of drug-likeness (QED) is 0.743. The number of piperazine rings is 1. The van der Waals surface area contributed by atoms with Crippen molar-refractivity contribution in [2.45, 2.75) is 6.42 Å². The summed E-state index contributed by atoms with van der Waals surface area (Å²) in [5.74, 6) is 0.122. The Morgan fingerprint density at radius 1 is 1.33 bits per heavy atom. The Labute approximate surface area is 104 Å². The van der Waals surface area contributed by atoms with Crippen molar-refractivity contribution in [3.8, 4) is 0 Å². The van der Waals surface area contributed by atoms with Crippen molar-refractivity contribution in [2.24, 2.45) is 0 Å². The molecular weight excluding hydrogens is 232 g/mol. The highest BCUT2D eigenvalue weighted by atomic mass is 16.2. The molecule has 2 aromatic rings. The molecule has 1 aliphatic rings. The van der Waals surface area contributed by atoms with E-state index in [0.717, 1.165) is 31.9 Å². The van der Waals surface area contributed by atoms with Crippen LogP contribution in [-0.2, 0) is 11.2 Å². The maximum absolute atomic E-state index is 12.1. The van der Waals surface area contributed by atoms with Gasteiger partial charge in [0.15, 0.2) is 5.65 Å². The normalized spacial score (nSPS) is 16.1. The van der Waals surface area contributed by atoms with Crippen LogP contribution in [0.25, 0.3) is 5.65 Å². The van der Waals surface area contributed by atoms with Gasteiger partial charge < -0.3 is 10.2 Å². The Morgan fingerprint density at radius 3 is 3.00 bits per heavy atom. The Morgan fingerprint density at radius 2 is 2.17 bits per heavy atom. The summed E-state index contributed by atoms with van der Waals surface area (Å²) in [5.41, 5.74) is 1.43. The van der Waals surface area contributed by atoms with E-state index in [1.807, 2.05) is 17.0 Å². The lowest BCUT2D eigenvalue weighted by Gasteiger charge is -2.27. The minimum Gasteiger partial charge on any atom is -0.340 e. The zero-order valence-electron chi connectivity index (χ0n) is 9.91. The summed E-state index contributed by atoms with van der Waals surface area (Å²) in [5, 5.41) is 15.2. The molecule has 2 aromatic heterocycles. The zero-order valence-corrected chi connectivity index (χ0v) is 9.91. The minimum absolute atomic E-state index is 0.122. The van der Waals surface area contributed by atoms with Crippen LogP contribution < -0.4 is 5.32 Å². The Hall–Kier alpha value is -2.02. The summed E-state index contributed by atoms with van der Waals surface area (Å²) in [6, 6.07) is 3.64. The van der Waals surface area contributed by atoms with E-state index in [9.17, 15) is 4.79 Å². The molecule has 0 aliphatic carbocycles. The lowest BCUT2D eigenvalue weighted by Crippen LogP contribution is -2.47. The van der Waals surface area contributed by atoms with Crippen molar-refractivity contribution in [2.75, 3.05) is 26.2 Å². The van der Waals surface area contributed by atoms with E-state index < -0.39 is 0 Å². The molecule has 0 spiro atoms. The van der Waals surface area contributed by atoms with Gasteiger partial charge in [-0.25, -0.2) is 4.52 Å². The maximum Gasteiger partial charge on any atom is 0.228 e. The molecule has 18 heavy (non-hydrogen) atoms. The van der Waals surface area contributed by atoms with Gasteiger partial charge in [0, 0.05) is 26.2 Å². The number of hydrogen-bond donors (Lipinski definition) is 1. The molecule has 0 atom stereocenters. The van der Waals surface area contributed by atoms with Crippen LogP contribution in [0.1, 0.15) is 5.69 Å². The van der Waals surface area contributed by atoms with Crippen LogP contribution in [0.2, 0.25) is 0 Å². The fourth-order valence-corrected chi connectivity index (χ4v) is 2.04. The number of amides is 1. The first kappa shape index (κ1) is 11.1. The molecule has 94 valence electrons. The summed E-state index contributed by atoms with van der Waals surface area (Å²) in [7, 11) is 0. The molecule has 7 heteroatoms. The van der Waals surface area contributed by atoms with Gasteiger partial charge in [0.1, 0.15) is 6.33 Å². The van der Waals surface area contributed by atoms with E-state index in [4.69, 9.17) is 0 Å². The molecule has 1 saturated heterocycles. The number of nitrogens with zero attached hydrogens (tertiary/aromatic N) is 5. The molecule has 1 amide bonds. The number of rotatable bonds is 2. The molecule has 7 nitrogen and oxygen atoms in total. The average molecular weight is 246 g/mol. The summed E-state index contributed by atoms with van der Waals surface area (Å²) >= 11 is 0. The summed E-state index contributed by atoms with van der Waals surface area (Å²) in [6.45, 7) is 3.27. The number of nitrogens with one attached hydrogen (secondary N) is 1. The zero-order chi connectivity index (χ0) is 12.4. The summed E-state index contributed by atoms with van der Waals surface area (Å²) < 4.78 is 1.58. The van der Waals surface area contributed by atoms with E-state index in [0.29, 0.717) is 12.1 Å². The smallest absolute Gasteiger partial charge is 0.228 e. The SMILES string of the molecule is O=C(Cc1ccc2nncn2n1)N1CCNCC1. The van der Waals surface area contributed by atoms with Crippen molar-refractivity contribution < 1.29 is 4.79 Å². The molecule has 3 heterocycles. The van der Waals surface area contributed by atoms with E-state index in [1.54, 1.807) is 4.52 Å². The molecule has 0 saturated carbocycles. The van der Waals surface area contributed by atoms with Gasteiger partial charge in [-0.15, -0.1) is 10.2 Å². The maximum atomic E-state index is 12.1. The van der Waals surface area contributed by atoms with Gasteiger partial charge in [-0.1, -0.05) is 0 Å². The second kappa shape index (κ2) is 4.69. The third-order valence-electron chi connectivity index (χ3n) is 3.02. The lowest BCUT2D eigenvalue weighted by molar-refractivity contribution is -0.131. The molecule has 1 fully saturated rings. The van der Waals surface area contributed by atoms with Gasteiger partial charge in [-0.3, -0.25) is 4.79 Å².